The maximum atomic E-state index is 14.4. The number of hydrogen-bond acceptors (Lipinski definition) is 7. The van der Waals surface area contributed by atoms with Gasteiger partial charge in [0.05, 0.1) is 18.0 Å². The minimum absolute atomic E-state index is 0.0683. The smallest absolute Gasteiger partial charge is 0.265 e. The van der Waals surface area contributed by atoms with Crippen LogP contribution in [0.5, 0.6) is 5.75 Å². The summed E-state index contributed by atoms with van der Waals surface area (Å²) in [5.74, 6) is -0.412. The molecule has 9 nitrogen and oxygen atoms in total. The molecule has 0 amide bonds. The predicted octanol–water partition coefficient (Wildman–Crippen LogP) is 2.49. The number of nitrogens with one attached hydrogen (secondary N) is 1. The number of sulfonamides is 1. The molecule has 1 aromatic carbocycles. The minimum Gasteiger partial charge on any atom is -0.489 e. The van der Waals surface area contributed by atoms with E-state index in [1.54, 1.807) is 13.8 Å². The fourth-order valence-electron chi connectivity index (χ4n) is 2.86. The number of aryl methyl sites for hydroxylation is 2. The van der Waals surface area contributed by atoms with Crippen molar-refractivity contribution in [3.63, 3.8) is 0 Å². The first-order valence-electron chi connectivity index (χ1n) is 9.04. The number of benzene rings is 1. The summed E-state index contributed by atoms with van der Waals surface area (Å²) < 4.78 is 55.0. The fourth-order valence-corrected chi connectivity index (χ4v) is 4.34. The lowest BCUT2D eigenvalue weighted by Crippen LogP contribution is -2.20. The summed E-state index contributed by atoms with van der Waals surface area (Å²) in [6, 6.07) is 4.07. The Morgan fingerprint density at radius 1 is 1.21 bits per heavy atom. The number of fused-ring (bicyclic) bond motifs is 1. The van der Waals surface area contributed by atoms with Gasteiger partial charge in [-0.2, -0.15) is 10.1 Å². The summed E-state index contributed by atoms with van der Waals surface area (Å²) >= 11 is 0. The number of aromatic nitrogens is 4. The van der Waals surface area contributed by atoms with E-state index in [2.05, 4.69) is 19.8 Å². The zero-order valence-electron chi connectivity index (χ0n) is 16.3. The molecule has 0 spiro atoms. The predicted molar refractivity (Wildman–Crippen MR) is 104 cm³/mol. The first-order chi connectivity index (χ1) is 13.8. The highest BCUT2D eigenvalue weighted by atomic mass is 32.2. The van der Waals surface area contributed by atoms with Crippen LogP contribution in [0.15, 0.2) is 29.4 Å². The van der Waals surface area contributed by atoms with E-state index >= 15 is 0 Å². The summed E-state index contributed by atoms with van der Waals surface area (Å²) in [4.78, 5) is 8.02. The van der Waals surface area contributed by atoms with Crippen LogP contribution in [-0.4, -0.2) is 47.8 Å². The van der Waals surface area contributed by atoms with Crippen molar-refractivity contribution < 1.29 is 22.3 Å². The van der Waals surface area contributed by atoms with Crippen LogP contribution in [0, 0.1) is 19.7 Å². The van der Waals surface area contributed by atoms with Gasteiger partial charge in [-0.3, -0.25) is 4.72 Å². The minimum atomic E-state index is -4.18. The van der Waals surface area contributed by atoms with Crippen LogP contribution in [0.1, 0.15) is 24.7 Å². The average molecular weight is 423 g/mol. The molecule has 0 bridgehead atoms. The molecule has 2 heterocycles. The van der Waals surface area contributed by atoms with E-state index in [1.165, 1.54) is 23.0 Å². The molecular formula is C18H22FN5O4S. The van der Waals surface area contributed by atoms with Gasteiger partial charge in [0.2, 0.25) is 0 Å². The highest BCUT2D eigenvalue weighted by molar-refractivity contribution is 7.92. The van der Waals surface area contributed by atoms with Gasteiger partial charge in [-0.05, 0) is 32.4 Å². The van der Waals surface area contributed by atoms with E-state index < -0.39 is 15.8 Å². The summed E-state index contributed by atoms with van der Waals surface area (Å²) in [6.45, 7) is 6.15. The summed E-state index contributed by atoms with van der Waals surface area (Å²) in [5, 5.41) is 3.98. The quantitative estimate of drug-likeness (QED) is 0.527. The van der Waals surface area contributed by atoms with Crippen molar-refractivity contribution in [2.75, 3.05) is 24.5 Å². The van der Waals surface area contributed by atoms with Crippen LogP contribution < -0.4 is 9.46 Å². The highest BCUT2D eigenvalue weighted by Gasteiger charge is 2.26. The Hall–Kier alpha value is -2.79. The molecule has 0 radical (unpaired) electrons. The van der Waals surface area contributed by atoms with Crippen LogP contribution in [-0.2, 0) is 14.8 Å². The lowest BCUT2D eigenvalue weighted by atomic mass is 10.3. The molecule has 0 unspecified atom stereocenters. The molecular weight excluding hydrogens is 401 g/mol. The third kappa shape index (κ3) is 4.46. The fraction of sp³-hybridized carbons (Fsp3) is 0.389. The number of para-hydroxylation sites is 1. The zero-order valence-corrected chi connectivity index (χ0v) is 17.2. The molecule has 0 fully saturated rings. The second-order valence-electron chi connectivity index (χ2n) is 6.26. The van der Waals surface area contributed by atoms with Crippen LogP contribution in [0.25, 0.3) is 5.78 Å². The Bertz CT molecular complexity index is 1120. The first-order valence-corrected chi connectivity index (χ1v) is 10.5. The van der Waals surface area contributed by atoms with Crippen LogP contribution in [0.4, 0.5) is 10.1 Å². The van der Waals surface area contributed by atoms with Crippen molar-refractivity contribution in [3.05, 3.63) is 41.7 Å². The third-order valence-electron chi connectivity index (χ3n) is 4.09. The normalized spacial score (nSPS) is 11.7. The molecule has 0 saturated carbocycles. The molecule has 11 heteroatoms. The second kappa shape index (κ2) is 8.70. The van der Waals surface area contributed by atoms with Crippen molar-refractivity contribution in [2.45, 2.75) is 32.1 Å². The molecule has 3 aromatic rings. The molecule has 156 valence electrons. The highest BCUT2D eigenvalue weighted by Crippen LogP contribution is 2.31. The van der Waals surface area contributed by atoms with E-state index in [0.29, 0.717) is 18.9 Å². The summed E-state index contributed by atoms with van der Waals surface area (Å²) in [5.41, 5.74) is 0.257. The lowest BCUT2D eigenvalue weighted by Gasteiger charge is -2.16. The molecule has 1 N–H and O–H groups in total. The van der Waals surface area contributed by atoms with Crippen molar-refractivity contribution in [2.24, 2.45) is 0 Å². The van der Waals surface area contributed by atoms with Gasteiger partial charge in [0.25, 0.3) is 15.8 Å². The van der Waals surface area contributed by atoms with Gasteiger partial charge in [0.15, 0.2) is 5.82 Å². The van der Waals surface area contributed by atoms with Gasteiger partial charge in [0.1, 0.15) is 29.3 Å². The van der Waals surface area contributed by atoms with Gasteiger partial charge in [-0.25, -0.2) is 22.3 Å². The molecule has 29 heavy (non-hydrogen) atoms. The molecule has 3 rings (SSSR count). The van der Waals surface area contributed by atoms with Crippen LogP contribution >= 0.6 is 0 Å². The van der Waals surface area contributed by atoms with E-state index in [0.717, 1.165) is 12.5 Å². The topological polar surface area (TPSA) is 108 Å². The van der Waals surface area contributed by atoms with Crippen LogP contribution in [0.3, 0.4) is 0 Å². The largest absolute Gasteiger partial charge is 0.489 e. The monoisotopic (exact) mass is 423 g/mol. The number of nitrogens with zero attached hydrogens (tertiary/aromatic N) is 4. The van der Waals surface area contributed by atoms with Gasteiger partial charge in [-0.15, -0.1) is 0 Å². The zero-order chi connectivity index (χ0) is 21.0. The van der Waals surface area contributed by atoms with Crippen LogP contribution in [0.2, 0.25) is 0 Å². The Labute approximate surface area is 167 Å². The van der Waals surface area contributed by atoms with E-state index in [-0.39, 0.29) is 34.4 Å². The first kappa shape index (κ1) is 20.9. The summed E-state index contributed by atoms with van der Waals surface area (Å²) in [7, 11) is -4.18. The number of anilines is 1. The third-order valence-corrected chi connectivity index (χ3v) is 5.69. The van der Waals surface area contributed by atoms with E-state index in [1.807, 2.05) is 6.92 Å². The summed E-state index contributed by atoms with van der Waals surface area (Å²) in [6.07, 6.45) is 2.15. The molecule has 0 atom stereocenters. The van der Waals surface area contributed by atoms with Crippen molar-refractivity contribution in [3.8, 4) is 5.75 Å². The Balaban J connectivity index is 1.91. The Morgan fingerprint density at radius 2 is 2.00 bits per heavy atom. The SMILES string of the molecule is CCCOCCOc1cccc(F)c1NS(=O)(=O)c1c(C)nc2ncnn2c1C. The van der Waals surface area contributed by atoms with Gasteiger partial charge in [-0.1, -0.05) is 13.0 Å². The Morgan fingerprint density at radius 3 is 2.76 bits per heavy atom. The number of rotatable bonds is 9. The van der Waals surface area contributed by atoms with Gasteiger partial charge < -0.3 is 9.47 Å². The Kier molecular flexibility index (Phi) is 6.28. The van der Waals surface area contributed by atoms with Crippen molar-refractivity contribution in [1.29, 1.82) is 0 Å². The number of halogens is 1. The standard InChI is InChI=1S/C18H22FN5O4S/c1-4-8-27-9-10-28-15-7-5-6-14(19)16(15)23-29(25,26)17-12(2)22-18-20-11-21-24(18)13(17)3/h5-7,11,23H,4,8-10H2,1-3H3. The van der Waals surface area contributed by atoms with E-state index in [9.17, 15) is 12.8 Å². The maximum absolute atomic E-state index is 14.4. The molecule has 2 aromatic heterocycles. The van der Waals surface area contributed by atoms with Crippen molar-refractivity contribution >= 4 is 21.5 Å². The molecule has 0 aliphatic heterocycles. The van der Waals surface area contributed by atoms with Gasteiger partial charge in [0, 0.05) is 6.61 Å². The lowest BCUT2D eigenvalue weighted by molar-refractivity contribution is 0.101. The maximum Gasteiger partial charge on any atom is 0.265 e. The molecule has 0 aliphatic rings. The number of hydrogen-bond donors (Lipinski definition) is 1. The average Bonchev–Trinajstić information content (AvgIpc) is 3.12. The van der Waals surface area contributed by atoms with Gasteiger partial charge >= 0.3 is 0 Å². The molecule has 0 saturated heterocycles. The van der Waals surface area contributed by atoms with Crippen molar-refractivity contribution in [1.82, 2.24) is 19.6 Å². The second-order valence-corrected chi connectivity index (χ2v) is 7.88. The van der Waals surface area contributed by atoms with E-state index in [4.69, 9.17) is 9.47 Å². The number of ether oxygens (including phenoxy) is 2. The molecule has 0 aliphatic carbocycles.